The van der Waals surface area contributed by atoms with Crippen molar-refractivity contribution in [2.75, 3.05) is 6.54 Å². The molecule has 2 atom stereocenters. The van der Waals surface area contributed by atoms with Gasteiger partial charge >= 0.3 is 6.18 Å². The maximum Gasteiger partial charge on any atom is 0.416 e. The first-order chi connectivity index (χ1) is 8.38. The fourth-order valence-corrected chi connectivity index (χ4v) is 3.24. The Hall–Kier alpha value is -0.750. The van der Waals surface area contributed by atoms with Crippen LogP contribution in [-0.2, 0) is 6.18 Å². The molecule has 0 bridgehead atoms. The van der Waals surface area contributed by atoms with Crippen LogP contribution in [0.5, 0.6) is 0 Å². The van der Waals surface area contributed by atoms with Gasteiger partial charge in [-0.05, 0) is 30.7 Å². The predicted molar refractivity (Wildman–Crippen MR) is 63.8 cm³/mol. The van der Waals surface area contributed by atoms with Gasteiger partial charge < -0.3 is 5.32 Å². The summed E-state index contributed by atoms with van der Waals surface area (Å²) in [6.45, 7) is 2.66. The van der Waals surface area contributed by atoms with E-state index < -0.39 is 22.9 Å². The molecule has 1 saturated heterocycles. The lowest BCUT2D eigenvalue weighted by Gasteiger charge is -2.29. The normalized spacial score (nSPS) is 25.2. The summed E-state index contributed by atoms with van der Waals surface area (Å²) >= 11 is 1.44. The van der Waals surface area contributed by atoms with E-state index in [1.807, 2.05) is 6.92 Å². The van der Waals surface area contributed by atoms with Crippen molar-refractivity contribution in [2.24, 2.45) is 0 Å². The van der Waals surface area contributed by atoms with E-state index in [-0.39, 0.29) is 5.56 Å². The van der Waals surface area contributed by atoms with Crippen LogP contribution in [0.25, 0.3) is 0 Å². The first-order valence-corrected chi connectivity index (χ1v) is 6.57. The van der Waals surface area contributed by atoms with Crippen LogP contribution >= 0.6 is 11.8 Å². The van der Waals surface area contributed by atoms with Crippen LogP contribution in [0.1, 0.15) is 29.8 Å². The van der Waals surface area contributed by atoms with E-state index in [2.05, 4.69) is 5.32 Å². The highest BCUT2D eigenvalue weighted by Gasteiger charge is 2.36. The van der Waals surface area contributed by atoms with Crippen molar-refractivity contribution < 1.29 is 17.6 Å². The Morgan fingerprint density at radius 2 is 2.06 bits per heavy atom. The average molecular weight is 279 g/mol. The topological polar surface area (TPSA) is 12.0 Å². The maximum atomic E-state index is 13.0. The third kappa shape index (κ3) is 2.98. The van der Waals surface area contributed by atoms with Gasteiger partial charge in [-0.2, -0.15) is 13.2 Å². The van der Waals surface area contributed by atoms with E-state index in [9.17, 15) is 17.6 Å². The lowest BCUT2D eigenvalue weighted by molar-refractivity contribution is -0.138. The van der Waals surface area contributed by atoms with Crippen molar-refractivity contribution in [3.05, 3.63) is 35.1 Å². The summed E-state index contributed by atoms with van der Waals surface area (Å²) in [7, 11) is 0. The number of hydrogen-bond acceptors (Lipinski definition) is 2. The molecular weight excluding hydrogens is 266 g/mol. The molecule has 0 spiro atoms. The molecule has 0 aliphatic carbocycles. The molecule has 0 aromatic heterocycles. The Bertz CT molecular complexity index is 433. The molecule has 1 aliphatic heterocycles. The molecule has 1 fully saturated rings. The van der Waals surface area contributed by atoms with Gasteiger partial charge in [0, 0.05) is 5.25 Å². The van der Waals surface area contributed by atoms with Gasteiger partial charge in [0.15, 0.2) is 0 Å². The minimum absolute atomic E-state index is 0.112. The fourth-order valence-electron chi connectivity index (χ4n) is 1.95. The van der Waals surface area contributed by atoms with Gasteiger partial charge in [-0.3, -0.25) is 0 Å². The molecule has 0 amide bonds. The van der Waals surface area contributed by atoms with Crippen LogP contribution in [0, 0.1) is 5.82 Å². The van der Waals surface area contributed by atoms with Crippen LogP contribution in [0.3, 0.4) is 0 Å². The summed E-state index contributed by atoms with van der Waals surface area (Å²) in [5.41, 5.74) is -0.776. The number of alkyl halides is 3. The van der Waals surface area contributed by atoms with Crippen LogP contribution in [0.4, 0.5) is 17.6 Å². The number of nitrogens with one attached hydrogen (secondary N) is 1. The lowest BCUT2D eigenvalue weighted by atomic mass is 10.1. The van der Waals surface area contributed by atoms with Crippen LogP contribution in [0.15, 0.2) is 18.2 Å². The highest BCUT2D eigenvalue weighted by molar-refractivity contribution is 8.00. The Morgan fingerprint density at radius 1 is 1.33 bits per heavy atom. The molecule has 2 unspecified atom stereocenters. The molecule has 1 aromatic rings. The van der Waals surface area contributed by atoms with Gasteiger partial charge in [0.2, 0.25) is 0 Å². The summed E-state index contributed by atoms with van der Waals surface area (Å²) in [5.74, 6) is -0.861. The average Bonchev–Trinajstić information content (AvgIpc) is 2.27. The van der Waals surface area contributed by atoms with E-state index >= 15 is 0 Å². The van der Waals surface area contributed by atoms with Crippen LogP contribution in [0.2, 0.25) is 0 Å². The zero-order valence-electron chi connectivity index (χ0n) is 9.72. The first kappa shape index (κ1) is 13.7. The largest absolute Gasteiger partial charge is 0.416 e. The first-order valence-electron chi connectivity index (χ1n) is 5.63. The Balaban J connectivity index is 2.37. The Morgan fingerprint density at radius 3 is 2.67 bits per heavy atom. The molecule has 0 radical (unpaired) electrons. The molecule has 1 N–H and O–H groups in total. The van der Waals surface area contributed by atoms with Crippen molar-refractivity contribution in [2.45, 2.75) is 30.1 Å². The second-order valence-corrected chi connectivity index (χ2v) is 5.85. The molecule has 100 valence electrons. The molecule has 6 heteroatoms. The van der Waals surface area contributed by atoms with E-state index in [0.29, 0.717) is 17.9 Å². The minimum Gasteiger partial charge on any atom is -0.302 e. The quantitative estimate of drug-likeness (QED) is 0.781. The second kappa shape index (κ2) is 5.09. The Kier molecular flexibility index (Phi) is 3.87. The van der Waals surface area contributed by atoms with Crippen LogP contribution < -0.4 is 5.32 Å². The molecule has 18 heavy (non-hydrogen) atoms. The van der Waals surface area contributed by atoms with Gasteiger partial charge in [-0.15, -0.1) is 11.8 Å². The summed E-state index contributed by atoms with van der Waals surface area (Å²) in [4.78, 5) is 0. The monoisotopic (exact) mass is 279 g/mol. The highest BCUT2D eigenvalue weighted by Crippen LogP contribution is 2.41. The maximum absolute atomic E-state index is 13.0. The summed E-state index contributed by atoms with van der Waals surface area (Å²) in [6, 6.07) is 2.86. The molecule has 1 aliphatic rings. The third-order valence-electron chi connectivity index (χ3n) is 2.85. The standard InChI is InChI=1S/C12H13F4NS/c1-7-4-5-17-11(18-7)9-3-2-8(13)6-10(9)12(14,15)16/h2-3,6-7,11,17H,4-5H2,1H3. The molecule has 2 rings (SSSR count). The summed E-state index contributed by atoms with van der Waals surface area (Å²) in [5, 5.41) is 2.91. The molecule has 0 saturated carbocycles. The van der Waals surface area contributed by atoms with Gasteiger partial charge in [0.1, 0.15) is 5.82 Å². The van der Waals surface area contributed by atoms with E-state index in [1.165, 1.54) is 17.8 Å². The van der Waals surface area contributed by atoms with Gasteiger partial charge in [-0.1, -0.05) is 13.0 Å². The minimum atomic E-state index is -4.53. The predicted octanol–water partition coefficient (Wildman–Crippen LogP) is 3.96. The Labute approximate surface area is 107 Å². The summed E-state index contributed by atoms with van der Waals surface area (Å²) < 4.78 is 51.6. The van der Waals surface area contributed by atoms with E-state index in [4.69, 9.17) is 0 Å². The highest BCUT2D eigenvalue weighted by atomic mass is 32.2. The van der Waals surface area contributed by atoms with Crippen molar-refractivity contribution in [1.82, 2.24) is 5.32 Å². The molecule has 1 nitrogen and oxygen atoms in total. The van der Waals surface area contributed by atoms with Crippen LogP contribution in [-0.4, -0.2) is 11.8 Å². The van der Waals surface area contributed by atoms with Crippen molar-refractivity contribution >= 4 is 11.8 Å². The zero-order chi connectivity index (χ0) is 13.3. The number of thioether (sulfide) groups is 1. The summed E-state index contributed by atoms with van der Waals surface area (Å²) in [6.07, 6.45) is -3.61. The molecule has 1 heterocycles. The van der Waals surface area contributed by atoms with Crippen molar-refractivity contribution in [3.8, 4) is 0 Å². The smallest absolute Gasteiger partial charge is 0.302 e. The zero-order valence-corrected chi connectivity index (χ0v) is 10.5. The third-order valence-corrected chi connectivity index (χ3v) is 4.25. The second-order valence-electron chi connectivity index (χ2n) is 4.30. The number of halogens is 4. The SMILES string of the molecule is CC1CCNC(c2ccc(F)cc2C(F)(F)F)S1. The molecular formula is C12H13F4NS. The fraction of sp³-hybridized carbons (Fsp3) is 0.500. The van der Waals surface area contributed by atoms with Gasteiger partial charge in [0.05, 0.1) is 10.9 Å². The van der Waals surface area contributed by atoms with E-state index in [1.54, 1.807) is 0 Å². The number of hydrogen-bond donors (Lipinski definition) is 1. The van der Waals surface area contributed by atoms with Gasteiger partial charge in [0.25, 0.3) is 0 Å². The molecule has 1 aromatic carbocycles. The lowest BCUT2D eigenvalue weighted by Crippen LogP contribution is -2.30. The number of benzene rings is 1. The number of rotatable bonds is 1. The van der Waals surface area contributed by atoms with E-state index in [0.717, 1.165) is 12.5 Å². The van der Waals surface area contributed by atoms with Gasteiger partial charge in [-0.25, -0.2) is 4.39 Å². The van der Waals surface area contributed by atoms with Crippen molar-refractivity contribution in [3.63, 3.8) is 0 Å². The van der Waals surface area contributed by atoms with Crippen molar-refractivity contribution in [1.29, 1.82) is 0 Å².